The van der Waals surface area contributed by atoms with Gasteiger partial charge in [0.2, 0.25) is 0 Å². The maximum absolute atomic E-state index is 12.1. The summed E-state index contributed by atoms with van der Waals surface area (Å²) in [6, 6.07) is 10.7. The fourth-order valence-electron chi connectivity index (χ4n) is 2.19. The molecule has 160 valence electrons. The van der Waals surface area contributed by atoms with E-state index in [0.29, 0.717) is 25.2 Å². The van der Waals surface area contributed by atoms with Crippen LogP contribution in [0.15, 0.2) is 61.2 Å². The predicted octanol–water partition coefficient (Wildman–Crippen LogP) is 4.69. The minimum absolute atomic E-state index is 0.0759. The zero-order valence-corrected chi connectivity index (χ0v) is 15.8. The van der Waals surface area contributed by atoms with E-state index in [1.165, 1.54) is 24.3 Å². The van der Waals surface area contributed by atoms with Gasteiger partial charge in [0.25, 0.3) is 0 Å². The van der Waals surface area contributed by atoms with Crippen LogP contribution in [0.25, 0.3) is 0 Å². The van der Waals surface area contributed by atoms with E-state index in [4.69, 9.17) is 14.2 Å². The number of rotatable bonds is 10. The summed E-state index contributed by atoms with van der Waals surface area (Å²) in [5.74, 6) is -0.933. The summed E-state index contributed by atoms with van der Waals surface area (Å²) < 4.78 is 55.7. The number of hydrogen-bond donors (Lipinski definition) is 0. The van der Waals surface area contributed by atoms with E-state index in [1.807, 2.05) is 0 Å². The van der Waals surface area contributed by atoms with Crippen molar-refractivity contribution in [3.05, 3.63) is 66.7 Å². The first-order chi connectivity index (χ1) is 14.3. The van der Waals surface area contributed by atoms with Crippen molar-refractivity contribution in [2.45, 2.75) is 19.2 Å². The maximum Gasteiger partial charge on any atom is 0.573 e. The number of esters is 2. The largest absolute Gasteiger partial charge is 0.573 e. The van der Waals surface area contributed by atoms with Crippen LogP contribution >= 0.6 is 0 Å². The molecule has 0 unspecified atom stereocenters. The van der Waals surface area contributed by atoms with Gasteiger partial charge in [-0.15, -0.1) is 13.2 Å². The van der Waals surface area contributed by atoms with Crippen molar-refractivity contribution in [2.75, 3.05) is 13.2 Å². The molecule has 6 nitrogen and oxygen atoms in total. The smallest absolute Gasteiger partial charge is 0.494 e. The second-order valence-electron chi connectivity index (χ2n) is 5.86. The van der Waals surface area contributed by atoms with Gasteiger partial charge in [-0.25, -0.2) is 9.59 Å². The van der Waals surface area contributed by atoms with E-state index >= 15 is 0 Å². The van der Waals surface area contributed by atoms with Gasteiger partial charge in [-0.2, -0.15) is 0 Å². The Morgan fingerprint density at radius 1 is 0.867 bits per heavy atom. The molecule has 0 N–H and O–H groups in total. The molecule has 2 aromatic carbocycles. The normalized spacial score (nSPS) is 10.8. The van der Waals surface area contributed by atoms with Gasteiger partial charge in [0.15, 0.2) is 0 Å². The highest BCUT2D eigenvalue weighted by atomic mass is 19.4. The molecular weight excluding hydrogens is 405 g/mol. The molecular formula is C21H19F3O6. The Morgan fingerprint density at radius 2 is 1.43 bits per heavy atom. The van der Waals surface area contributed by atoms with Crippen molar-refractivity contribution < 1.29 is 41.7 Å². The van der Waals surface area contributed by atoms with Gasteiger partial charge >= 0.3 is 18.3 Å². The Balaban J connectivity index is 1.76. The summed E-state index contributed by atoms with van der Waals surface area (Å²) in [6.07, 6.45) is -2.39. The van der Waals surface area contributed by atoms with Crippen LogP contribution in [0.3, 0.4) is 0 Å². The third-order valence-corrected chi connectivity index (χ3v) is 3.58. The zero-order valence-electron chi connectivity index (χ0n) is 15.8. The van der Waals surface area contributed by atoms with E-state index in [9.17, 15) is 22.8 Å². The summed E-state index contributed by atoms with van der Waals surface area (Å²) in [7, 11) is 0. The van der Waals surface area contributed by atoms with Crippen LogP contribution in [0.1, 0.15) is 23.2 Å². The minimum Gasteiger partial charge on any atom is -0.494 e. The number of unbranched alkanes of at least 4 members (excludes halogenated alkanes) is 1. The number of carbonyl (C=O) groups excluding carboxylic acids is 2. The Bertz CT molecular complexity index is 845. The molecule has 0 atom stereocenters. The lowest BCUT2D eigenvalue weighted by Crippen LogP contribution is -2.17. The molecule has 0 heterocycles. The van der Waals surface area contributed by atoms with Gasteiger partial charge in [-0.3, -0.25) is 0 Å². The molecule has 0 bridgehead atoms. The number of ether oxygens (including phenoxy) is 4. The first-order valence-corrected chi connectivity index (χ1v) is 8.87. The van der Waals surface area contributed by atoms with Gasteiger partial charge < -0.3 is 18.9 Å². The lowest BCUT2D eigenvalue weighted by atomic mass is 10.2. The SMILES string of the molecule is C=CC(=O)OCCCCOc1ccc(C(=O)Oc2ccc(OC(F)(F)F)cc2)cc1. The van der Waals surface area contributed by atoms with Crippen molar-refractivity contribution in [1.29, 1.82) is 0 Å². The molecule has 0 aliphatic heterocycles. The fourth-order valence-corrected chi connectivity index (χ4v) is 2.19. The minimum atomic E-state index is -4.79. The lowest BCUT2D eigenvalue weighted by Gasteiger charge is -2.10. The number of halogens is 3. The first kappa shape index (κ1) is 22.8. The average molecular weight is 424 g/mol. The molecule has 0 radical (unpaired) electrons. The second-order valence-corrected chi connectivity index (χ2v) is 5.86. The first-order valence-electron chi connectivity index (χ1n) is 8.87. The second kappa shape index (κ2) is 10.9. The molecule has 0 aliphatic carbocycles. The van der Waals surface area contributed by atoms with Gasteiger partial charge in [-0.1, -0.05) is 6.58 Å². The average Bonchev–Trinajstić information content (AvgIpc) is 2.71. The van der Waals surface area contributed by atoms with Gasteiger partial charge in [0, 0.05) is 6.08 Å². The summed E-state index contributed by atoms with van der Waals surface area (Å²) >= 11 is 0. The molecule has 2 rings (SSSR count). The highest BCUT2D eigenvalue weighted by molar-refractivity contribution is 5.91. The third-order valence-electron chi connectivity index (χ3n) is 3.58. The fraction of sp³-hybridized carbons (Fsp3) is 0.238. The van der Waals surface area contributed by atoms with Crippen LogP contribution in [0.2, 0.25) is 0 Å². The number of hydrogen-bond acceptors (Lipinski definition) is 6. The van der Waals surface area contributed by atoms with Crippen molar-refractivity contribution in [3.63, 3.8) is 0 Å². The third kappa shape index (κ3) is 8.26. The van der Waals surface area contributed by atoms with Gasteiger partial charge in [0.05, 0.1) is 18.8 Å². The molecule has 0 spiro atoms. The number of benzene rings is 2. The zero-order chi connectivity index (χ0) is 22.0. The Hall–Kier alpha value is -3.49. The lowest BCUT2D eigenvalue weighted by molar-refractivity contribution is -0.274. The molecule has 30 heavy (non-hydrogen) atoms. The highest BCUT2D eigenvalue weighted by Gasteiger charge is 2.31. The van der Waals surface area contributed by atoms with Crippen molar-refractivity contribution in [2.24, 2.45) is 0 Å². The molecule has 9 heteroatoms. The summed E-state index contributed by atoms with van der Waals surface area (Å²) in [6.45, 7) is 3.98. The molecule has 0 aromatic heterocycles. The van der Waals surface area contributed by atoms with Crippen LogP contribution < -0.4 is 14.2 Å². The van der Waals surface area contributed by atoms with Gasteiger partial charge in [-0.05, 0) is 61.4 Å². The van der Waals surface area contributed by atoms with E-state index in [-0.39, 0.29) is 17.9 Å². The molecule has 0 saturated heterocycles. The molecule has 0 fully saturated rings. The van der Waals surface area contributed by atoms with Crippen molar-refractivity contribution >= 4 is 11.9 Å². The van der Waals surface area contributed by atoms with Gasteiger partial charge in [0.1, 0.15) is 17.2 Å². The van der Waals surface area contributed by atoms with E-state index in [1.54, 1.807) is 12.1 Å². The Morgan fingerprint density at radius 3 is 2.03 bits per heavy atom. The van der Waals surface area contributed by atoms with Crippen molar-refractivity contribution in [1.82, 2.24) is 0 Å². The Kier molecular flexibility index (Phi) is 8.28. The maximum atomic E-state index is 12.1. The van der Waals surface area contributed by atoms with E-state index in [2.05, 4.69) is 11.3 Å². The standard InChI is InChI=1S/C21H19F3O6/c1-2-19(25)28-14-4-3-13-27-16-7-5-15(6-8-16)20(26)29-17-9-11-18(12-10-17)30-21(22,23)24/h2,5-12H,1,3-4,13-14H2. The monoisotopic (exact) mass is 424 g/mol. The summed E-state index contributed by atoms with van der Waals surface area (Å²) in [4.78, 5) is 23.0. The molecule has 0 amide bonds. The topological polar surface area (TPSA) is 71.1 Å². The summed E-state index contributed by atoms with van der Waals surface area (Å²) in [5.41, 5.74) is 0.245. The van der Waals surface area contributed by atoms with E-state index in [0.717, 1.165) is 18.2 Å². The molecule has 0 aliphatic rings. The number of alkyl halides is 3. The predicted molar refractivity (Wildman–Crippen MR) is 100 cm³/mol. The van der Waals surface area contributed by atoms with Crippen LogP contribution in [-0.2, 0) is 9.53 Å². The number of carbonyl (C=O) groups is 2. The van der Waals surface area contributed by atoms with Crippen LogP contribution in [0.4, 0.5) is 13.2 Å². The van der Waals surface area contributed by atoms with Crippen LogP contribution in [-0.4, -0.2) is 31.5 Å². The van der Waals surface area contributed by atoms with Crippen LogP contribution in [0, 0.1) is 0 Å². The van der Waals surface area contributed by atoms with E-state index < -0.39 is 24.1 Å². The highest BCUT2D eigenvalue weighted by Crippen LogP contribution is 2.25. The molecule has 0 saturated carbocycles. The summed E-state index contributed by atoms with van der Waals surface area (Å²) in [5, 5.41) is 0. The molecule has 2 aromatic rings. The quantitative estimate of drug-likeness (QED) is 0.238. The Labute approximate surface area is 170 Å². The van der Waals surface area contributed by atoms with Crippen LogP contribution in [0.5, 0.6) is 17.2 Å². The van der Waals surface area contributed by atoms with Crippen molar-refractivity contribution in [3.8, 4) is 17.2 Å².